The molecule has 0 aromatic carbocycles. The van der Waals surface area contributed by atoms with Crippen LogP contribution >= 0.6 is 0 Å². The zero-order valence-electron chi connectivity index (χ0n) is 18.9. The Hall–Kier alpha value is -2.34. The van der Waals surface area contributed by atoms with Crippen molar-refractivity contribution in [3.63, 3.8) is 0 Å². The van der Waals surface area contributed by atoms with E-state index in [1.165, 1.54) is 0 Å². The molecule has 0 aromatic rings. The fourth-order valence-corrected chi connectivity index (χ4v) is 3.19. The number of nitrogens with one attached hydrogen (secondary N) is 4. The van der Waals surface area contributed by atoms with Gasteiger partial charge in [-0.2, -0.15) is 16.8 Å². The maximum absolute atomic E-state index is 11.8. The Labute approximate surface area is 198 Å². The van der Waals surface area contributed by atoms with Crippen LogP contribution < -0.4 is 21.3 Å². The van der Waals surface area contributed by atoms with Crippen LogP contribution in [0.2, 0.25) is 0 Å². The zero-order chi connectivity index (χ0) is 26.2. The summed E-state index contributed by atoms with van der Waals surface area (Å²) in [5.74, 6) is -3.02. The van der Waals surface area contributed by atoms with Crippen LogP contribution in [0.5, 0.6) is 0 Å². The second kappa shape index (κ2) is 16.3. The fourth-order valence-electron chi connectivity index (χ4n) is 2.30. The molecule has 0 spiro atoms. The van der Waals surface area contributed by atoms with Crippen molar-refractivity contribution >= 4 is 43.9 Å². The Balaban J connectivity index is 3.78. The van der Waals surface area contributed by atoms with Gasteiger partial charge in [-0.1, -0.05) is 0 Å². The lowest BCUT2D eigenvalue weighted by atomic mass is 10.3. The summed E-state index contributed by atoms with van der Waals surface area (Å²) in [5, 5.41) is 9.98. The molecular weight excluding hydrogens is 498 g/mol. The summed E-state index contributed by atoms with van der Waals surface area (Å²) >= 11 is 0. The Kier molecular flexibility index (Phi) is 15.2. The highest BCUT2D eigenvalue weighted by atomic mass is 32.2. The smallest absolute Gasteiger partial charge is 0.265 e. The number of nitrogens with zero attached hydrogens (tertiary/aromatic N) is 1. The van der Waals surface area contributed by atoms with Crippen LogP contribution in [0.1, 0.15) is 25.7 Å². The van der Waals surface area contributed by atoms with E-state index >= 15 is 0 Å². The van der Waals surface area contributed by atoms with Gasteiger partial charge in [0.25, 0.3) is 20.2 Å². The van der Waals surface area contributed by atoms with Crippen molar-refractivity contribution in [1.82, 2.24) is 26.2 Å². The molecule has 0 unspecified atom stereocenters. The van der Waals surface area contributed by atoms with Crippen LogP contribution in [0.3, 0.4) is 0 Å². The van der Waals surface area contributed by atoms with Crippen LogP contribution in [-0.4, -0.2) is 112 Å². The third-order valence-electron chi connectivity index (χ3n) is 4.15. The van der Waals surface area contributed by atoms with Crippen molar-refractivity contribution in [2.24, 2.45) is 0 Å². The number of amides is 4. The van der Waals surface area contributed by atoms with Crippen molar-refractivity contribution in [3.05, 3.63) is 0 Å². The van der Waals surface area contributed by atoms with E-state index < -0.39 is 43.6 Å². The molecule has 15 nitrogen and oxygen atoms in total. The van der Waals surface area contributed by atoms with Crippen LogP contribution in [0.15, 0.2) is 0 Å². The first-order valence-corrected chi connectivity index (χ1v) is 13.6. The van der Waals surface area contributed by atoms with E-state index in [2.05, 4.69) is 21.3 Å². The minimum absolute atomic E-state index is 0.104. The summed E-state index contributed by atoms with van der Waals surface area (Å²) in [6, 6.07) is 0. The summed E-state index contributed by atoms with van der Waals surface area (Å²) in [6.07, 6.45) is -0.442. The van der Waals surface area contributed by atoms with Gasteiger partial charge in [0.15, 0.2) is 0 Å². The largest absolute Gasteiger partial charge is 0.354 e. The molecule has 0 fully saturated rings. The third kappa shape index (κ3) is 21.5. The first-order valence-electron chi connectivity index (χ1n) is 10.3. The molecule has 0 aliphatic carbocycles. The van der Waals surface area contributed by atoms with Gasteiger partial charge in [0.05, 0.1) is 11.5 Å². The first kappa shape index (κ1) is 31.7. The maximum Gasteiger partial charge on any atom is 0.265 e. The minimum atomic E-state index is -4.20. The molecule has 0 atom stereocenters. The van der Waals surface area contributed by atoms with Gasteiger partial charge in [-0.3, -0.25) is 28.3 Å². The molecule has 17 heteroatoms. The Bertz CT molecular complexity index is 820. The van der Waals surface area contributed by atoms with E-state index in [0.717, 1.165) is 0 Å². The molecule has 0 aliphatic rings. The maximum atomic E-state index is 11.8. The molecule has 0 bridgehead atoms. The number of carbonyl (C=O) groups is 4. The van der Waals surface area contributed by atoms with Crippen molar-refractivity contribution < 1.29 is 45.1 Å². The van der Waals surface area contributed by atoms with Gasteiger partial charge >= 0.3 is 0 Å². The lowest BCUT2D eigenvalue weighted by Crippen LogP contribution is -2.37. The summed E-state index contributed by atoms with van der Waals surface area (Å²) in [4.78, 5) is 48.1. The summed E-state index contributed by atoms with van der Waals surface area (Å²) in [5.41, 5.74) is 0. The minimum Gasteiger partial charge on any atom is -0.354 e. The fraction of sp³-hybridized carbons (Fsp3) is 0.765. The lowest BCUT2D eigenvalue weighted by Gasteiger charge is -2.16. The van der Waals surface area contributed by atoms with Crippen molar-refractivity contribution in [3.8, 4) is 0 Å². The average Bonchev–Trinajstić information content (AvgIpc) is 2.72. The molecule has 0 rings (SSSR count). The highest BCUT2D eigenvalue weighted by molar-refractivity contribution is 7.86. The standard InChI is InChI=1S/C17H33N5O10S2/c1-22(10-2-14(23)18-6-8-20-16(25)4-12-33(27,28)29)11-3-15(24)19-7-9-21-17(26)5-13-34(30,31)32/h2-13H2,1H3,(H,18,23)(H,19,24)(H,20,25)(H,21,26)(H,27,28,29)(H,30,31,32). The van der Waals surface area contributed by atoms with Crippen molar-refractivity contribution in [2.45, 2.75) is 25.7 Å². The van der Waals surface area contributed by atoms with Gasteiger partial charge in [0.1, 0.15) is 0 Å². The molecule has 0 saturated heterocycles. The molecule has 4 amide bonds. The average molecular weight is 532 g/mol. The summed E-state index contributed by atoms with van der Waals surface area (Å²) in [7, 11) is -6.68. The van der Waals surface area contributed by atoms with E-state index in [9.17, 15) is 36.0 Å². The zero-order valence-corrected chi connectivity index (χ0v) is 20.5. The summed E-state index contributed by atoms with van der Waals surface area (Å²) < 4.78 is 59.3. The van der Waals surface area contributed by atoms with Crippen molar-refractivity contribution in [2.75, 3.05) is 57.8 Å². The second-order valence-corrected chi connectivity index (χ2v) is 10.4. The van der Waals surface area contributed by atoms with Gasteiger partial charge in [-0.05, 0) is 7.05 Å². The Morgan fingerprint density at radius 3 is 1.12 bits per heavy atom. The van der Waals surface area contributed by atoms with Crippen molar-refractivity contribution in [1.29, 1.82) is 0 Å². The summed E-state index contributed by atoms with van der Waals surface area (Å²) in [6.45, 7) is 1.26. The lowest BCUT2D eigenvalue weighted by molar-refractivity contribution is -0.123. The number of hydrogen-bond acceptors (Lipinski definition) is 9. The Morgan fingerprint density at radius 1 is 0.588 bits per heavy atom. The predicted molar refractivity (Wildman–Crippen MR) is 121 cm³/mol. The molecule has 198 valence electrons. The highest BCUT2D eigenvalue weighted by Crippen LogP contribution is 1.92. The quantitative estimate of drug-likeness (QED) is 0.0758. The molecule has 6 N–H and O–H groups in total. The highest BCUT2D eigenvalue weighted by Gasteiger charge is 2.11. The topological polar surface area (TPSA) is 228 Å². The van der Waals surface area contributed by atoms with Gasteiger partial charge in [-0.15, -0.1) is 0 Å². The van der Waals surface area contributed by atoms with Gasteiger partial charge in [-0.25, -0.2) is 0 Å². The van der Waals surface area contributed by atoms with E-state index in [0.29, 0.717) is 13.1 Å². The van der Waals surface area contributed by atoms with E-state index in [-0.39, 0.29) is 63.7 Å². The molecule has 0 heterocycles. The van der Waals surface area contributed by atoms with Crippen LogP contribution in [0, 0.1) is 0 Å². The number of hydrogen-bond donors (Lipinski definition) is 6. The van der Waals surface area contributed by atoms with Gasteiger partial charge < -0.3 is 26.2 Å². The molecule has 0 radical (unpaired) electrons. The van der Waals surface area contributed by atoms with Gasteiger partial charge in [0.2, 0.25) is 23.6 Å². The second-order valence-electron chi connectivity index (χ2n) is 7.28. The van der Waals surface area contributed by atoms with E-state index in [1.807, 2.05) is 0 Å². The molecule has 34 heavy (non-hydrogen) atoms. The molecule has 0 aromatic heterocycles. The molecule has 0 aliphatic heterocycles. The first-order chi connectivity index (χ1) is 15.7. The molecule has 0 saturated carbocycles. The van der Waals surface area contributed by atoms with Crippen LogP contribution in [0.25, 0.3) is 0 Å². The molecular formula is C17H33N5O10S2. The van der Waals surface area contributed by atoms with Gasteiger partial charge in [0, 0.05) is 65.0 Å². The number of rotatable bonds is 18. The van der Waals surface area contributed by atoms with E-state index in [4.69, 9.17) is 9.11 Å². The monoisotopic (exact) mass is 531 g/mol. The SMILES string of the molecule is CN(CCC(=O)NCCNC(=O)CCS(=O)(=O)O)CCC(=O)NCCNC(=O)CCS(=O)(=O)O. The predicted octanol–water partition coefficient (Wildman–Crippen LogP) is -3.28. The van der Waals surface area contributed by atoms with Crippen LogP contribution in [0.4, 0.5) is 0 Å². The third-order valence-corrected chi connectivity index (χ3v) is 5.59. The van der Waals surface area contributed by atoms with E-state index in [1.54, 1.807) is 11.9 Å². The Morgan fingerprint density at radius 2 is 0.853 bits per heavy atom. The van der Waals surface area contributed by atoms with Crippen LogP contribution in [-0.2, 0) is 39.4 Å². The normalized spacial score (nSPS) is 11.6. The number of carbonyl (C=O) groups excluding carboxylic acids is 4.